The summed E-state index contributed by atoms with van der Waals surface area (Å²) in [6.45, 7) is 14.6. The van der Waals surface area contributed by atoms with Crippen LogP contribution in [0.4, 0.5) is 0 Å². The maximum Gasteiger partial charge on any atom is -0.0233 e. The largest absolute Gasteiger partial charge is 0.0617 e. The van der Waals surface area contributed by atoms with Crippen LogP contribution in [0.25, 0.3) is 0 Å². The summed E-state index contributed by atoms with van der Waals surface area (Å²) >= 11 is 0. The third-order valence-corrected chi connectivity index (χ3v) is 5.64. The van der Waals surface area contributed by atoms with Gasteiger partial charge in [0.05, 0.1) is 0 Å². The monoisotopic (exact) mass is 166 g/mol. The van der Waals surface area contributed by atoms with Gasteiger partial charge in [-0.2, -0.15) is 0 Å². The Labute approximate surface area is 76.7 Å². The van der Waals surface area contributed by atoms with Gasteiger partial charge in [-0.05, 0) is 34.5 Å². The summed E-state index contributed by atoms with van der Waals surface area (Å²) in [4.78, 5) is 0. The van der Waals surface area contributed by atoms with Crippen molar-refractivity contribution in [2.75, 3.05) is 0 Å². The maximum absolute atomic E-state index is 2.50. The lowest BCUT2D eigenvalue weighted by atomic mass is 9.92. The van der Waals surface area contributed by atoms with E-state index in [1.54, 1.807) is 0 Å². The van der Waals surface area contributed by atoms with Gasteiger partial charge in [-0.1, -0.05) is 41.5 Å². The number of hydrogen-bond acceptors (Lipinski definition) is 0. The first kappa shape index (κ1) is 8.59. The first-order chi connectivity index (χ1) is 5.34. The zero-order valence-electron chi connectivity index (χ0n) is 9.31. The first-order valence-corrected chi connectivity index (χ1v) is 5.34. The maximum atomic E-state index is 2.50. The van der Waals surface area contributed by atoms with Crippen LogP contribution in [0.3, 0.4) is 0 Å². The van der Waals surface area contributed by atoms with Gasteiger partial charge < -0.3 is 0 Å². The summed E-state index contributed by atoms with van der Waals surface area (Å²) in [6.07, 6.45) is 0. The molecule has 0 aromatic heterocycles. The van der Waals surface area contributed by atoms with Crippen LogP contribution in [0.5, 0.6) is 0 Å². The normalized spacial score (nSPS) is 61.5. The summed E-state index contributed by atoms with van der Waals surface area (Å²) in [5.74, 6) is 3.88. The van der Waals surface area contributed by atoms with Gasteiger partial charge in [-0.25, -0.2) is 0 Å². The molecule has 2 saturated carbocycles. The topological polar surface area (TPSA) is 0 Å². The molecular formula is C12H22. The minimum absolute atomic E-state index is 0.633. The molecule has 0 saturated heterocycles. The van der Waals surface area contributed by atoms with Crippen molar-refractivity contribution in [3.8, 4) is 0 Å². The molecule has 0 spiro atoms. The van der Waals surface area contributed by atoms with Crippen LogP contribution in [0, 0.1) is 34.5 Å². The van der Waals surface area contributed by atoms with Crippen LogP contribution in [0.2, 0.25) is 0 Å². The summed E-state index contributed by atoms with van der Waals surface area (Å²) in [5.41, 5.74) is 1.32. The lowest BCUT2D eigenvalue weighted by Crippen LogP contribution is -2.06. The number of rotatable bonds is 1. The second kappa shape index (κ2) is 1.91. The minimum Gasteiger partial charge on any atom is -0.0617 e. The van der Waals surface area contributed by atoms with E-state index >= 15 is 0 Å². The quantitative estimate of drug-likeness (QED) is 0.558. The molecule has 0 amide bonds. The number of hydrogen-bond donors (Lipinski definition) is 0. The van der Waals surface area contributed by atoms with Gasteiger partial charge in [0.2, 0.25) is 0 Å². The van der Waals surface area contributed by atoms with Crippen LogP contribution in [-0.2, 0) is 0 Å². The Kier molecular flexibility index (Phi) is 1.37. The standard InChI is InChI=1S/C12H22/c1-7-8(2)12(7,6)10-9(3)11(10,4)5/h7-10H,1-6H3. The Morgan fingerprint density at radius 2 is 1.08 bits per heavy atom. The highest BCUT2D eigenvalue weighted by molar-refractivity contribution is 5.19. The fourth-order valence-corrected chi connectivity index (χ4v) is 3.82. The zero-order chi connectivity index (χ0) is 9.31. The van der Waals surface area contributed by atoms with E-state index in [0.29, 0.717) is 10.8 Å². The molecule has 4 unspecified atom stereocenters. The van der Waals surface area contributed by atoms with Crippen LogP contribution >= 0.6 is 0 Å². The highest BCUT2D eigenvalue weighted by atomic mass is 14.8. The predicted octanol–water partition coefficient (Wildman–Crippen LogP) is 3.57. The second-order valence-corrected chi connectivity index (χ2v) is 6.03. The second-order valence-electron chi connectivity index (χ2n) is 6.03. The van der Waals surface area contributed by atoms with E-state index in [0.717, 1.165) is 23.7 Å². The van der Waals surface area contributed by atoms with Gasteiger partial charge in [-0.3, -0.25) is 0 Å². The van der Waals surface area contributed by atoms with Crippen molar-refractivity contribution < 1.29 is 0 Å². The summed E-state index contributed by atoms with van der Waals surface area (Å²) in [6, 6.07) is 0. The minimum atomic E-state index is 0.633. The van der Waals surface area contributed by atoms with E-state index in [9.17, 15) is 0 Å². The van der Waals surface area contributed by atoms with Crippen LogP contribution in [0.15, 0.2) is 0 Å². The molecule has 2 fully saturated rings. The Hall–Kier alpha value is 0. The molecule has 0 heterocycles. The van der Waals surface area contributed by atoms with E-state index in [1.807, 2.05) is 0 Å². The SMILES string of the molecule is CC1C(C2(C)C(C)C2C)C1(C)C. The Morgan fingerprint density at radius 1 is 0.750 bits per heavy atom. The lowest BCUT2D eigenvalue weighted by molar-refractivity contribution is 0.357. The molecule has 0 bridgehead atoms. The van der Waals surface area contributed by atoms with Crippen LogP contribution in [-0.4, -0.2) is 0 Å². The van der Waals surface area contributed by atoms with Gasteiger partial charge in [0.1, 0.15) is 0 Å². The van der Waals surface area contributed by atoms with Crippen molar-refractivity contribution in [2.24, 2.45) is 34.5 Å². The molecule has 12 heavy (non-hydrogen) atoms. The van der Waals surface area contributed by atoms with Gasteiger partial charge in [-0.15, -0.1) is 0 Å². The van der Waals surface area contributed by atoms with Crippen molar-refractivity contribution in [3.05, 3.63) is 0 Å². The molecule has 0 aromatic rings. The molecule has 4 atom stereocenters. The molecule has 0 aromatic carbocycles. The lowest BCUT2D eigenvalue weighted by Gasteiger charge is -2.12. The molecule has 70 valence electrons. The Morgan fingerprint density at radius 3 is 1.17 bits per heavy atom. The molecule has 0 aliphatic heterocycles. The van der Waals surface area contributed by atoms with Crippen molar-refractivity contribution in [1.82, 2.24) is 0 Å². The van der Waals surface area contributed by atoms with Crippen LogP contribution < -0.4 is 0 Å². The molecule has 0 nitrogen and oxygen atoms in total. The van der Waals surface area contributed by atoms with Gasteiger partial charge >= 0.3 is 0 Å². The summed E-state index contributed by atoms with van der Waals surface area (Å²) < 4.78 is 0. The summed E-state index contributed by atoms with van der Waals surface area (Å²) in [5, 5.41) is 0. The highest BCUT2D eigenvalue weighted by Crippen LogP contribution is 2.77. The predicted molar refractivity (Wildman–Crippen MR) is 52.9 cm³/mol. The molecular weight excluding hydrogens is 144 g/mol. The molecule has 0 N–H and O–H groups in total. The van der Waals surface area contributed by atoms with Gasteiger partial charge in [0.15, 0.2) is 0 Å². The molecule has 2 rings (SSSR count). The van der Waals surface area contributed by atoms with E-state index in [2.05, 4.69) is 41.5 Å². The third-order valence-electron chi connectivity index (χ3n) is 5.64. The van der Waals surface area contributed by atoms with Crippen molar-refractivity contribution in [3.63, 3.8) is 0 Å². The summed E-state index contributed by atoms with van der Waals surface area (Å²) in [7, 11) is 0. The average molecular weight is 166 g/mol. The van der Waals surface area contributed by atoms with Crippen LogP contribution in [0.1, 0.15) is 41.5 Å². The zero-order valence-corrected chi connectivity index (χ0v) is 9.31. The molecule has 2 aliphatic carbocycles. The first-order valence-electron chi connectivity index (χ1n) is 5.34. The van der Waals surface area contributed by atoms with Crippen molar-refractivity contribution >= 4 is 0 Å². The molecule has 2 aliphatic rings. The Balaban J connectivity index is 2.15. The smallest absolute Gasteiger partial charge is 0.0233 e. The fourth-order valence-electron chi connectivity index (χ4n) is 3.82. The van der Waals surface area contributed by atoms with Crippen molar-refractivity contribution in [2.45, 2.75) is 41.5 Å². The van der Waals surface area contributed by atoms with E-state index in [-0.39, 0.29) is 0 Å². The van der Waals surface area contributed by atoms with E-state index in [1.165, 1.54) is 0 Å². The van der Waals surface area contributed by atoms with Gasteiger partial charge in [0.25, 0.3) is 0 Å². The molecule has 0 radical (unpaired) electrons. The average Bonchev–Trinajstić information content (AvgIpc) is 2.63. The third kappa shape index (κ3) is 0.701. The van der Waals surface area contributed by atoms with Gasteiger partial charge in [0, 0.05) is 0 Å². The van der Waals surface area contributed by atoms with E-state index < -0.39 is 0 Å². The Bertz CT molecular complexity index is 206. The molecule has 0 heteroatoms. The highest BCUT2D eigenvalue weighted by Gasteiger charge is 2.72. The fraction of sp³-hybridized carbons (Fsp3) is 1.00. The van der Waals surface area contributed by atoms with E-state index in [4.69, 9.17) is 0 Å². The van der Waals surface area contributed by atoms with Crippen molar-refractivity contribution in [1.29, 1.82) is 0 Å².